The second kappa shape index (κ2) is 3.48. The summed E-state index contributed by atoms with van der Waals surface area (Å²) < 4.78 is 0. The van der Waals surface area contributed by atoms with Crippen molar-refractivity contribution in [1.82, 2.24) is 4.90 Å². The molecule has 0 aromatic heterocycles. The average Bonchev–Trinajstić information content (AvgIpc) is 2.37. The van der Waals surface area contributed by atoms with E-state index in [0.717, 1.165) is 12.8 Å². The van der Waals surface area contributed by atoms with Crippen molar-refractivity contribution in [2.24, 2.45) is 5.92 Å². The number of carbonyl (C=O) groups excluding carboxylic acids is 1. The molecule has 0 amide bonds. The summed E-state index contributed by atoms with van der Waals surface area (Å²) in [5.74, 6) is -1.02. The summed E-state index contributed by atoms with van der Waals surface area (Å²) in [5.41, 5.74) is 0. The number of likely N-dealkylation sites (tertiary alicyclic amines) is 1. The molecule has 1 saturated heterocycles. The van der Waals surface area contributed by atoms with Gasteiger partial charge in [-0.05, 0) is 13.0 Å². The molecule has 0 spiro atoms. The van der Waals surface area contributed by atoms with Crippen LogP contribution in [0, 0.1) is 5.92 Å². The second-order valence-corrected chi connectivity index (χ2v) is 2.75. The van der Waals surface area contributed by atoms with E-state index >= 15 is 0 Å². The van der Waals surface area contributed by atoms with Crippen molar-refractivity contribution in [3.8, 4) is 0 Å². The highest BCUT2D eigenvalue weighted by Gasteiger charge is 2.27. The summed E-state index contributed by atoms with van der Waals surface area (Å²) in [7, 11) is 0. The van der Waals surface area contributed by atoms with Crippen LogP contribution >= 0.6 is 0 Å². The predicted molar refractivity (Wildman–Crippen MR) is 38.2 cm³/mol. The average molecular weight is 157 g/mol. The normalized spacial score (nSPS) is 25.3. The van der Waals surface area contributed by atoms with Gasteiger partial charge in [-0.2, -0.15) is 0 Å². The van der Waals surface area contributed by atoms with E-state index in [1.807, 2.05) is 4.90 Å². The molecular formula is C7H11NO3. The van der Waals surface area contributed by atoms with Crippen molar-refractivity contribution in [3.05, 3.63) is 0 Å². The van der Waals surface area contributed by atoms with Gasteiger partial charge in [0, 0.05) is 6.54 Å². The van der Waals surface area contributed by atoms with Crippen LogP contribution in [-0.2, 0) is 9.59 Å². The smallest absolute Gasteiger partial charge is 0.307 e. The summed E-state index contributed by atoms with van der Waals surface area (Å²) in [6.45, 7) is 1.62. The van der Waals surface area contributed by atoms with Crippen molar-refractivity contribution in [3.63, 3.8) is 0 Å². The van der Waals surface area contributed by atoms with E-state index in [9.17, 15) is 9.59 Å². The van der Waals surface area contributed by atoms with Gasteiger partial charge in [0.1, 0.15) is 6.29 Å². The van der Waals surface area contributed by atoms with Crippen LogP contribution in [0.1, 0.15) is 6.42 Å². The Morgan fingerprint density at radius 2 is 2.45 bits per heavy atom. The summed E-state index contributed by atoms with van der Waals surface area (Å²) in [6.07, 6.45) is 1.48. The molecule has 0 bridgehead atoms. The number of hydrogen-bond acceptors (Lipinski definition) is 3. The monoisotopic (exact) mass is 157 g/mol. The van der Waals surface area contributed by atoms with Crippen molar-refractivity contribution in [1.29, 1.82) is 0 Å². The molecule has 0 saturated carbocycles. The third-order valence-corrected chi connectivity index (χ3v) is 1.95. The van der Waals surface area contributed by atoms with E-state index in [-0.39, 0.29) is 5.92 Å². The van der Waals surface area contributed by atoms with E-state index in [1.165, 1.54) is 0 Å². The second-order valence-electron chi connectivity index (χ2n) is 2.75. The van der Waals surface area contributed by atoms with Crippen LogP contribution in [0.2, 0.25) is 0 Å². The lowest BCUT2D eigenvalue weighted by molar-refractivity contribution is -0.141. The molecule has 1 aliphatic rings. The first-order valence-corrected chi connectivity index (χ1v) is 3.63. The van der Waals surface area contributed by atoms with Crippen molar-refractivity contribution in [2.45, 2.75) is 6.42 Å². The molecule has 1 rings (SSSR count). The summed E-state index contributed by atoms with van der Waals surface area (Å²) in [4.78, 5) is 22.3. The Labute approximate surface area is 64.8 Å². The maximum atomic E-state index is 10.4. The van der Waals surface area contributed by atoms with Crippen molar-refractivity contribution < 1.29 is 14.7 Å². The maximum absolute atomic E-state index is 10.4. The fourth-order valence-electron chi connectivity index (χ4n) is 1.31. The molecule has 62 valence electrons. The van der Waals surface area contributed by atoms with Crippen LogP contribution in [0.5, 0.6) is 0 Å². The highest BCUT2D eigenvalue weighted by atomic mass is 16.4. The van der Waals surface area contributed by atoms with Gasteiger partial charge in [-0.15, -0.1) is 0 Å². The minimum atomic E-state index is -0.751. The first-order valence-electron chi connectivity index (χ1n) is 3.63. The number of carboxylic acids is 1. The highest BCUT2D eigenvalue weighted by Crippen LogP contribution is 2.14. The molecule has 1 heterocycles. The molecule has 11 heavy (non-hydrogen) atoms. The summed E-state index contributed by atoms with van der Waals surface area (Å²) in [5, 5.41) is 8.58. The number of aldehydes is 1. The van der Waals surface area contributed by atoms with Gasteiger partial charge in [-0.3, -0.25) is 9.69 Å². The molecule has 0 radical (unpaired) electrons. The van der Waals surface area contributed by atoms with Gasteiger partial charge >= 0.3 is 5.97 Å². The Hall–Kier alpha value is -0.900. The quantitative estimate of drug-likeness (QED) is 0.566. The number of nitrogens with zero attached hydrogens (tertiary/aromatic N) is 1. The van der Waals surface area contributed by atoms with E-state index < -0.39 is 5.97 Å². The van der Waals surface area contributed by atoms with Gasteiger partial charge in [0.15, 0.2) is 0 Å². The van der Waals surface area contributed by atoms with Crippen LogP contribution in [0.25, 0.3) is 0 Å². The Bertz CT molecular complexity index is 169. The molecule has 1 fully saturated rings. The Balaban J connectivity index is 2.34. The van der Waals surface area contributed by atoms with Crippen LogP contribution in [0.3, 0.4) is 0 Å². The molecule has 1 atom stereocenters. The summed E-state index contributed by atoms with van der Waals surface area (Å²) in [6, 6.07) is 0. The SMILES string of the molecule is O=CCN1CC[C@@H](C(=O)O)C1. The van der Waals surface area contributed by atoms with E-state index in [4.69, 9.17) is 5.11 Å². The van der Waals surface area contributed by atoms with Gasteiger partial charge in [-0.1, -0.05) is 0 Å². The zero-order valence-corrected chi connectivity index (χ0v) is 6.19. The largest absolute Gasteiger partial charge is 0.481 e. The number of aliphatic carboxylic acids is 1. The molecule has 0 unspecified atom stereocenters. The predicted octanol–water partition coefficient (Wildman–Crippen LogP) is -0.408. The zero-order chi connectivity index (χ0) is 8.27. The standard InChI is InChI=1S/C7H11NO3/c9-4-3-8-2-1-6(5-8)7(10)11/h4,6H,1-3,5H2,(H,10,11)/t6-/m1/s1. The third-order valence-electron chi connectivity index (χ3n) is 1.95. The van der Waals surface area contributed by atoms with Gasteiger partial charge in [0.25, 0.3) is 0 Å². The first-order chi connectivity index (χ1) is 5.24. The lowest BCUT2D eigenvalue weighted by Gasteiger charge is -2.09. The topological polar surface area (TPSA) is 57.6 Å². The Kier molecular flexibility index (Phi) is 2.59. The molecule has 1 N–H and O–H groups in total. The lowest BCUT2D eigenvalue weighted by atomic mass is 10.1. The number of carboxylic acid groups (broad SMARTS) is 1. The maximum Gasteiger partial charge on any atom is 0.307 e. The van der Waals surface area contributed by atoms with E-state index in [2.05, 4.69) is 0 Å². The van der Waals surface area contributed by atoms with E-state index in [1.54, 1.807) is 0 Å². The minimum absolute atomic E-state index is 0.269. The number of rotatable bonds is 3. The molecular weight excluding hydrogens is 146 g/mol. The molecule has 4 nitrogen and oxygen atoms in total. The molecule has 0 aliphatic carbocycles. The van der Waals surface area contributed by atoms with Gasteiger partial charge in [0.2, 0.25) is 0 Å². The van der Waals surface area contributed by atoms with Crippen LogP contribution in [0.15, 0.2) is 0 Å². The Morgan fingerprint density at radius 3 is 2.91 bits per heavy atom. The van der Waals surface area contributed by atoms with Crippen LogP contribution in [-0.4, -0.2) is 41.9 Å². The van der Waals surface area contributed by atoms with E-state index in [0.29, 0.717) is 19.5 Å². The van der Waals surface area contributed by atoms with Crippen molar-refractivity contribution in [2.75, 3.05) is 19.6 Å². The molecule has 4 heteroatoms. The Morgan fingerprint density at radius 1 is 1.73 bits per heavy atom. The third kappa shape index (κ3) is 2.01. The highest BCUT2D eigenvalue weighted by molar-refractivity contribution is 5.70. The fourth-order valence-corrected chi connectivity index (χ4v) is 1.31. The number of carbonyl (C=O) groups is 2. The van der Waals surface area contributed by atoms with Gasteiger partial charge < -0.3 is 9.90 Å². The molecule has 0 aromatic rings. The fraction of sp³-hybridized carbons (Fsp3) is 0.714. The molecule has 1 aliphatic heterocycles. The first kappa shape index (κ1) is 8.20. The van der Waals surface area contributed by atoms with Crippen LogP contribution in [0.4, 0.5) is 0 Å². The molecule has 0 aromatic carbocycles. The summed E-state index contributed by atoms with van der Waals surface area (Å²) >= 11 is 0. The minimum Gasteiger partial charge on any atom is -0.481 e. The lowest BCUT2D eigenvalue weighted by Crippen LogP contribution is -2.24. The van der Waals surface area contributed by atoms with Gasteiger partial charge in [-0.25, -0.2) is 0 Å². The zero-order valence-electron chi connectivity index (χ0n) is 6.19. The van der Waals surface area contributed by atoms with Crippen LogP contribution < -0.4 is 0 Å². The van der Waals surface area contributed by atoms with Crippen molar-refractivity contribution >= 4 is 12.3 Å². The van der Waals surface area contributed by atoms with Gasteiger partial charge in [0.05, 0.1) is 12.5 Å². The number of hydrogen-bond donors (Lipinski definition) is 1.